The maximum Gasteiger partial charge on any atom is 0.260 e. The molecule has 1 amide bonds. The van der Waals surface area contributed by atoms with Gasteiger partial charge in [0, 0.05) is 11.3 Å². The van der Waals surface area contributed by atoms with Crippen LogP contribution in [0.25, 0.3) is 0 Å². The SMILES string of the molecule is Cc1ccc(C(=O)N[C@@H]2COc3c2ccc(Cl)c3Cl)c(=O)[nH]1. The molecule has 1 aliphatic heterocycles. The normalized spacial score (nSPS) is 16.0. The van der Waals surface area contributed by atoms with Crippen molar-refractivity contribution in [1.82, 2.24) is 10.3 Å². The molecular weight excluding hydrogens is 327 g/mol. The number of halogens is 2. The summed E-state index contributed by atoms with van der Waals surface area (Å²) in [4.78, 5) is 26.7. The van der Waals surface area contributed by atoms with E-state index in [0.29, 0.717) is 21.5 Å². The van der Waals surface area contributed by atoms with Crippen molar-refractivity contribution in [2.45, 2.75) is 13.0 Å². The number of aromatic amines is 1. The highest BCUT2D eigenvalue weighted by molar-refractivity contribution is 6.43. The quantitative estimate of drug-likeness (QED) is 0.884. The van der Waals surface area contributed by atoms with Crippen molar-refractivity contribution in [1.29, 1.82) is 0 Å². The first-order valence-corrected chi connectivity index (χ1v) is 7.34. The fourth-order valence-corrected chi connectivity index (χ4v) is 2.71. The zero-order valence-corrected chi connectivity index (χ0v) is 13.1. The lowest BCUT2D eigenvalue weighted by Gasteiger charge is -2.11. The van der Waals surface area contributed by atoms with Gasteiger partial charge in [0.15, 0.2) is 0 Å². The molecule has 1 aliphatic rings. The molecule has 0 unspecified atom stereocenters. The van der Waals surface area contributed by atoms with Gasteiger partial charge < -0.3 is 15.0 Å². The molecule has 2 heterocycles. The average molecular weight is 339 g/mol. The second-order valence-electron chi connectivity index (χ2n) is 5.00. The number of carbonyl (C=O) groups is 1. The third-order valence-electron chi connectivity index (χ3n) is 3.46. The molecule has 114 valence electrons. The van der Waals surface area contributed by atoms with Gasteiger partial charge in [0.1, 0.15) is 22.9 Å². The highest BCUT2D eigenvalue weighted by atomic mass is 35.5. The molecule has 3 rings (SSSR count). The second kappa shape index (κ2) is 5.66. The van der Waals surface area contributed by atoms with Crippen LogP contribution in [0.1, 0.15) is 27.7 Å². The molecule has 5 nitrogen and oxygen atoms in total. The minimum Gasteiger partial charge on any atom is -0.489 e. The number of carbonyl (C=O) groups excluding carboxylic acids is 1. The minimum atomic E-state index is -0.464. The lowest BCUT2D eigenvalue weighted by Crippen LogP contribution is -2.33. The average Bonchev–Trinajstić information content (AvgIpc) is 2.86. The molecule has 1 aromatic heterocycles. The number of nitrogens with one attached hydrogen (secondary N) is 2. The maximum atomic E-state index is 12.2. The van der Waals surface area contributed by atoms with Gasteiger partial charge in [0.2, 0.25) is 0 Å². The lowest BCUT2D eigenvalue weighted by molar-refractivity contribution is 0.0929. The molecule has 0 radical (unpaired) electrons. The first-order chi connectivity index (χ1) is 10.5. The standard InChI is InChI=1S/C15H12Cl2N2O3/c1-7-2-3-9(14(20)18-7)15(21)19-11-6-22-13-8(11)4-5-10(16)12(13)17/h2-5,11H,6H2,1H3,(H,18,20)(H,19,21)/t11-/m1/s1. The summed E-state index contributed by atoms with van der Waals surface area (Å²) in [5.74, 6) is 0.00561. The van der Waals surface area contributed by atoms with Gasteiger partial charge in [-0.15, -0.1) is 0 Å². The molecule has 0 bridgehead atoms. The number of rotatable bonds is 2. The summed E-state index contributed by atoms with van der Waals surface area (Å²) in [7, 11) is 0. The van der Waals surface area contributed by atoms with Crippen LogP contribution in [-0.2, 0) is 0 Å². The van der Waals surface area contributed by atoms with E-state index in [1.807, 2.05) is 0 Å². The maximum absolute atomic E-state index is 12.2. The van der Waals surface area contributed by atoms with Crippen molar-refractivity contribution in [2.24, 2.45) is 0 Å². The highest BCUT2D eigenvalue weighted by Gasteiger charge is 2.29. The predicted molar refractivity (Wildman–Crippen MR) is 84.0 cm³/mol. The van der Waals surface area contributed by atoms with Gasteiger partial charge in [0.25, 0.3) is 11.5 Å². The Morgan fingerprint density at radius 1 is 1.32 bits per heavy atom. The van der Waals surface area contributed by atoms with Crippen LogP contribution < -0.4 is 15.6 Å². The van der Waals surface area contributed by atoms with Crippen LogP contribution >= 0.6 is 23.2 Å². The Labute approximate surface area is 136 Å². The number of hydrogen-bond acceptors (Lipinski definition) is 3. The van der Waals surface area contributed by atoms with Gasteiger partial charge in [-0.05, 0) is 25.1 Å². The van der Waals surface area contributed by atoms with Gasteiger partial charge in [-0.3, -0.25) is 9.59 Å². The van der Waals surface area contributed by atoms with E-state index in [1.165, 1.54) is 6.07 Å². The Balaban J connectivity index is 1.86. The Kier molecular flexibility index (Phi) is 3.85. The van der Waals surface area contributed by atoms with E-state index >= 15 is 0 Å². The molecule has 2 N–H and O–H groups in total. The number of amides is 1. The van der Waals surface area contributed by atoms with Crippen molar-refractivity contribution in [3.05, 3.63) is 61.5 Å². The summed E-state index contributed by atoms with van der Waals surface area (Å²) in [6, 6.07) is 6.19. The Bertz CT molecular complexity index is 817. The highest BCUT2D eigenvalue weighted by Crippen LogP contribution is 2.42. The van der Waals surface area contributed by atoms with Crippen LogP contribution in [-0.4, -0.2) is 17.5 Å². The number of H-pyrrole nitrogens is 1. The first-order valence-electron chi connectivity index (χ1n) is 6.59. The summed E-state index contributed by atoms with van der Waals surface area (Å²) in [6.07, 6.45) is 0. The minimum absolute atomic E-state index is 0.0547. The number of hydrogen-bond donors (Lipinski definition) is 2. The molecule has 1 aromatic carbocycles. The number of aryl methyl sites for hydroxylation is 1. The first kappa shape index (κ1) is 14.9. The lowest BCUT2D eigenvalue weighted by atomic mass is 10.1. The Hall–Kier alpha value is -1.98. The van der Waals surface area contributed by atoms with Crippen LogP contribution in [0.5, 0.6) is 5.75 Å². The summed E-state index contributed by atoms with van der Waals surface area (Å²) in [6.45, 7) is 1.99. The van der Waals surface area contributed by atoms with Crippen LogP contribution in [0.15, 0.2) is 29.1 Å². The fraction of sp³-hybridized carbons (Fsp3) is 0.200. The molecule has 0 fully saturated rings. The van der Waals surface area contributed by atoms with E-state index in [-0.39, 0.29) is 18.2 Å². The second-order valence-corrected chi connectivity index (χ2v) is 5.79. The van der Waals surface area contributed by atoms with Gasteiger partial charge in [0.05, 0.1) is 11.1 Å². The summed E-state index contributed by atoms with van der Waals surface area (Å²) >= 11 is 12.0. The molecule has 0 saturated heterocycles. The predicted octanol–water partition coefficient (Wildman–Crippen LogP) is 2.85. The van der Waals surface area contributed by atoms with E-state index in [0.717, 1.165) is 5.56 Å². The topological polar surface area (TPSA) is 71.2 Å². The number of pyridine rings is 1. The van der Waals surface area contributed by atoms with Crippen LogP contribution in [0.3, 0.4) is 0 Å². The fourth-order valence-electron chi connectivity index (χ4n) is 2.33. The van der Waals surface area contributed by atoms with Gasteiger partial charge in [-0.1, -0.05) is 29.3 Å². The summed E-state index contributed by atoms with van der Waals surface area (Å²) in [5.41, 5.74) is 1.06. The van der Waals surface area contributed by atoms with Crippen molar-refractivity contribution >= 4 is 29.1 Å². The molecule has 1 atom stereocenters. The van der Waals surface area contributed by atoms with E-state index in [9.17, 15) is 9.59 Å². The molecule has 7 heteroatoms. The summed E-state index contributed by atoms with van der Waals surface area (Å²) < 4.78 is 5.49. The zero-order valence-electron chi connectivity index (χ0n) is 11.6. The third kappa shape index (κ3) is 2.58. The van der Waals surface area contributed by atoms with Crippen LogP contribution in [0.2, 0.25) is 10.0 Å². The van der Waals surface area contributed by atoms with Crippen molar-refractivity contribution in [2.75, 3.05) is 6.61 Å². The number of ether oxygens (including phenoxy) is 1. The molecule has 0 spiro atoms. The van der Waals surface area contributed by atoms with E-state index in [1.54, 1.807) is 25.1 Å². The van der Waals surface area contributed by atoms with Crippen molar-refractivity contribution in [3.8, 4) is 5.75 Å². The number of aromatic nitrogens is 1. The molecule has 2 aromatic rings. The van der Waals surface area contributed by atoms with Gasteiger partial charge in [-0.2, -0.15) is 0 Å². The molecule has 0 saturated carbocycles. The Morgan fingerprint density at radius 3 is 2.82 bits per heavy atom. The largest absolute Gasteiger partial charge is 0.489 e. The van der Waals surface area contributed by atoms with Crippen LogP contribution in [0.4, 0.5) is 0 Å². The zero-order chi connectivity index (χ0) is 15.9. The van der Waals surface area contributed by atoms with Crippen molar-refractivity contribution in [3.63, 3.8) is 0 Å². The molecule has 0 aliphatic carbocycles. The summed E-state index contributed by atoms with van der Waals surface area (Å²) in [5, 5.41) is 3.49. The third-order valence-corrected chi connectivity index (χ3v) is 4.24. The van der Waals surface area contributed by atoms with E-state index in [4.69, 9.17) is 27.9 Å². The van der Waals surface area contributed by atoms with Crippen LogP contribution in [0, 0.1) is 6.92 Å². The van der Waals surface area contributed by atoms with E-state index in [2.05, 4.69) is 10.3 Å². The number of fused-ring (bicyclic) bond motifs is 1. The van der Waals surface area contributed by atoms with Crippen molar-refractivity contribution < 1.29 is 9.53 Å². The molecular formula is C15H12Cl2N2O3. The van der Waals surface area contributed by atoms with Gasteiger partial charge in [-0.25, -0.2) is 0 Å². The Morgan fingerprint density at radius 2 is 2.09 bits per heavy atom. The monoisotopic (exact) mass is 338 g/mol. The molecule has 22 heavy (non-hydrogen) atoms. The smallest absolute Gasteiger partial charge is 0.260 e. The van der Waals surface area contributed by atoms with Gasteiger partial charge >= 0.3 is 0 Å². The van der Waals surface area contributed by atoms with E-state index < -0.39 is 11.5 Å². The number of benzene rings is 1.